The first kappa shape index (κ1) is 14.5. The van der Waals surface area contributed by atoms with Crippen LogP contribution in [0.1, 0.15) is 22.3 Å². The minimum Gasteiger partial charge on any atom is -0.270 e. The van der Waals surface area contributed by atoms with Gasteiger partial charge in [0.05, 0.1) is 0 Å². The van der Waals surface area contributed by atoms with E-state index in [1.54, 1.807) is 0 Å². The smallest absolute Gasteiger partial charge is 0.107 e. The lowest BCUT2D eigenvalue weighted by atomic mass is 9.77. The Balaban J connectivity index is 2.28. The first-order valence-electron chi connectivity index (χ1n) is 7.43. The van der Waals surface area contributed by atoms with Crippen LogP contribution in [0, 0.1) is 6.92 Å². The normalized spacial score (nSPS) is 11.4. The molecular formula is C20H20N2. The molecule has 0 radical (unpaired) electrons. The fourth-order valence-electron chi connectivity index (χ4n) is 2.93. The molecular weight excluding hydrogens is 268 g/mol. The average molecular weight is 288 g/mol. The number of rotatable bonds is 4. The van der Waals surface area contributed by atoms with E-state index in [4.69, 9.17) is 5.84 Å². The summed E-state index contributed by atoms with van der Waals surface area (Å²) >= 11 is 0. The molecule has 0 amide bonds. The highest BCUT2D eigenvalue weighted by Gasteiger charge is 2.34. The van der Waals surface area contributed by atoms with Gasteiger partial charge < -0.3 is 0 Å². The molecule has 0 aliphatic rings. The monoisotopic (exact) mass is 288 g/mol. The van der Waals surface area contributed by atoms with Crippen LogP contribution >= 0.6 is 0 Å². The van der Waals surface area contributed by atoms with E-state index in [1.165, 1.54) is 5.56 Å². The summed E-state index contributed by atoms with van der Waals surface area (Å²) in [6, 6.07) is 29.1. The van der Waals surface area contributed by atoms with Crippen LogP contribution in [-0.2, 0) is 5.54 Å². The molecule has 2 nitrogen and oxygen atoms in total. The molecule has 0 unspecified atom stereocenters. The summed E-state index contributed by atoms with van der Waals surface area (Å²) < 4.78 is 0. The Labute approximate surface area is 131 Å². The third-order valence-corrected chi connectivity index (χ3v) is 4.11. The maximum Gasteiger partial charge on any atom is 0.107 e. The molecule has 3 N–H and O–H groups in total. The standard InChI is InChI=1S/C20H20N2/c1-16-12-14-19(15-13-16)20(22-21,17-8-4-2-5-9-17)18-10-6-3-7-11-18/h2-15,22H,21H2,1H3. The molecule has 0 saturated carbocycles. The molecule has 0 aromatic heterocycles. The minimum absolute atomic E-state index is 0.559. The molecule has 0 heterocycles. The highest BCUT2D eigenvalue weighted by atomic mass is 15.3. The molecule has 3 aromatic carbocycles. The van der Waals surface area contributed by atoms with E-state index in [1.807, 2.05) is 36.4 Å². The average Bonchev–Trinajstić information content (AvgIpc) is 2.59. The van der Waals surface area contributed by atoms with Gasteiger partial charge in [-0.05, 0) is 23.6 Å². The Morgan fingerprint density at radius 3 is 1.45 bits per heavy atom. The van der Waals surface area contributed by atoms with Crippen molar-refractivity contribution in [3.63, 3.8) is 0 Å². The summed E-state index contributed by atoms with van der Waals surface area (Å²) in [6.07, 6.45) is 0. The van der Waals surface area contributed by atoms with E-state index in [2.05, 4.69) is 60.9 Å². The number of aryl methyl sites for hydroxylation is 1. The van der Waals surface area contributed by atoms with E-state index in [0.29, 0.717) is 0 Å². The van der Waals surface area contributed by atoms with Gasteiger partial charge in [0.2, 0.25) is 0 Å². The first-order chi connectivity index (χ1) is 10.8. The number of hydrogen-bond donors (Lipinski definition) is 2. The van der Waals surface area contributed by atoms with Gasteiger partial charge in [0.25, 0.3) is 0 Å². The maximum atomic E-state index is 6.09. The van der Waals surface area contributed by atoms with Crippen molar-refractivity contribution in [3.8, 4) is 0 Å². The van der Waals surface area contributed by atoms with Gasteiger partial charge in [0.15, 0.2) is 0 Å². The van der Waals surface area contributed by atoms with Crippen LogP contribution in [-0.4, -0.2) is 0 Å². The molecule has 0 aliphatic carbocycles. The summed E-state index contributed by atoms with van der Waals surface area (Å²) in [5.74, 6) is 6.09. The fourth-order valence-corrected chi connectivity index (χ4v) is 2.93. The number of nitrogens with one attached hydrogen (secondary N) is 1. The van der Waals surface area contributed by atoms with Gasteiger partial charge in [-0.15, -0.1) is 0 Å². The second-order valence-electron chi connectivity index (χ2n) is 5.49. The zero-order valence-electron chi connectivity index (χ0n) is 12.7. The van der Waals surface area contributed by atoms with Crippen LogP contribution < -0.4 is 11.3 Å². The third kappa shape index (κ3) is 2.43. The van der Waals surface area contributed by atoms with E-state index in [-0.39, 0.29) is 0 Å². The SMILES string of the molecule is Cc1ccc(C(NN)(c2ccccc2)c2ccccc2)cc1. The van der Waals surface area contributed by atoms with Crippen molar-refractivity contribution >= 4 is 0 Å². The van der Waals surface area contributed by atoms with Gasteiger partial charge in [-0.2, -0.15) is 0 Å². The molecule has 0 aliphatic heterocycles. The Morgan fingerprint density at radius 2 is 1.05 bits per heavy atom. The van der Waals surface area contributed by atoms with Crippen LogP contribution in [0.15, 0.2) is 84.9 Å². The lowest BCUT2D eigenvalue weighted by molar-refractivity contribution is 0.489. The quantitative estimate of drug-likeness (QED) is 0.436. The highest BCUT2D eigenvalue weighted by Crippen LogP contribution is 2.35. The molecule has 110 valence electrons. The van der Waals surface area contributed by atoms with E-state index >= 15 is 0 Å². The molecule has 3 aromatic rings. The van der Waals surface area contributed by atoms with Crippen molar-refractivity contribution in [2.45, 2.75) is 12.5 Å². The summed E-state index contributed by atoms with van der Waals surface area (Å²) in [5, 5.41) is 0. The Hall–Kier alpha value is -2.42. The molecule has 22 heavy (non-hydrogen) atoms. The molecule has 0 fully saturated rings. The summed E-state index contributed by atoms with van der Waals surface area (Å²) in [5.41, 5.74) is 7.12. The van der Waals surface area contributed by atoms with Crippen molar-refractivity contribution in [2.75, 3.05) is 0 Å². The first-order valence-corrected chi connectivity index (χ1v) is 7.43. The van der Waals surface area contributed by atoms with E-state index in [0.717, 1.165) is 16.7 Å². The van der Waals surface area contributed by atoms with Crippen molar-refractivity contribution in [1.82, 2.24) is 5.43 Å². The summed E-state index contributed by atoms with van der Waals surface area (Å²) in [6.45, 7) is 2.09. The van der Waals surface area contributed by atoms with Crippen LogP contribution in [0.4, 0.5) is 0 Å². The summed E-state index contributed by atoms with van der Waals surface area (Å²) in [4.78, 5) is 0. The molecule has 0 bridgehead atoms. The van der Waals surface area contributed by atoms with E-state index < -0.39 is 5.54 Å². The zero-order valence-corrected chi connectivity index (χ0v) is 12.7. The number of benzene rings is 3. The molecule has 2 heteroatoms. The van der Waals surface area contributed by atoms with Crippen molar-refractivity contribution in [1.29, 1.82) is 0 Å². The topological polar surface area (TPSA) is 38.0 Å². The van der Waals surface area contributed by atoms with Crippen molar-refractivity contribution in [2.24, 2.45) is 5.84 Å². The Kier molecular flexibility index (Phi) is 4.05. The lowest BCUT2D eigenvalue weighted by Crippen LogP contribution is -2.48. The van der Waals surface area contributed by atoms with Gasteiger partial charge in [-0.1, -0.05) is 90.5 Å². The van der Waals surface area contributed by atoms with Crippen LogP contribution in [0.2, 0.25) is 0 Å². The largest absolute Gasteiger partial charge is 0.270 e. The van der Waals surface area contributed by atoms with Gasteiger partial charge in [-0.3, -0.25) is 5.84 Å². The third-order valence-electron chi connectivity index (χ3n) is 4.11. The van der Waals surface area contributed by atoms with Crippen LogP contribution in [0.3, 0.4) is 0 Å². The molecule has 0 saturated heterocycles. The predicted molar refractivity (Wildman–Crippen MR) is 91.3 cm³/mol. The van der Waals surface area contributed by atoms with E-state index in [9.17, 15) is 0 Å². The van der Waals surface area contributed by atoms with Gasteiger partial charge in [0.1, 0.15) is 5.54 Å². The molecule has 0 spiro atoms. The van der Waals surface area contributed by atoms with Gasteiger partial charge in [-0.25, -0.2) is 5.43 Å². The number of hydrazine groups is 1. The molecule has 3 rings (SSSR count). The minimum atomic E-state index is -0.559. The highest BCUT2D eigenvalue weighted by molar-refractivity contribution is 5.49. The maximum absolute atomic E-state index is 6.09. The number of hydrogen-bond acceptors (Lipinski definition) is 2. The van der Waals surface area contributed by atoms with Crippen molar-refractivity contribution in [3.05, 3.63) is 107 Å². The molecule has 0 atom stereocenters. The van der Waals surface area contributed by atoms with Gasteiger partial charge >= 0.3 is 0 Å². The van der Waals surface area contributed by atoms with Crippen LogP contribution in [0.5, 0.6) is 0 Å². The Morgan fingerprint density at radius 1 is 0.636 bits per heavy atom. The predicted octanol–water partition coefficient (Wildman–Crippen LogP) is 3.75. The van der Waals surface area contributed by atoms with Crippen LogP contribution in [0.25, 0.3) is 0 Å². The lowest BCUT2D eigenvalue weighted by Gasteiger charge is -2.35. The van der Waals surface area contributed by atoms with Gasteiger partial charge in [0, 0.05) is 0 Å². The summed E-state index contributed by atoms with van der Waals surface area (Å²) in [7, 11) is 0. The van der Waals surface area contributed by atoms with Crippen molar-refractivity contribution < 1.29 is 0 Å². The zero-order chi connectivity index (χ0) is 15.4. The Bertz CT molecular complexity index is 679. The second kappa shape index (κ2) is 6.14. The fraction of sp³-hybridized carbons (Fsp3) is 0.100. The second-order valence-corrected chi connectivity index (χ2v) is 5.49. The number of nitrogens with two attached hydrogens (primary N) is 1.